The first-order valence-corrected chi connectivity index (χ1v) is 10.5. The van der Waals surface area contributed by atoms with Gasteiger partial charge in [-0.3, -0.25) is 9.69 Å². The highest BCUT2D eigenvalue weighted by Gasteiger charge is 2.21. The number of hydrogen-bond acceptors (Lipinski definition) is 3. The summed E-state index contributed by atoms with van der Waals surface area (Å²) in [5.74, 6) is -0.283. The fourth-order valence-corrected chi connectivity index (χ4v) is 3.79. The Kier molecular flexibility index (Phi) is 7.63. The number of nitrogens with two attached hydrogens (primary N) is 1. The highest BCUT2D eigenvalue weighted by Crippen LogP contribution is 2.19. The zero-order valence-corrected chi connectivity index (χ0v) is 16.9. The second kappa shape index (κ2) is 10.4. The summed E-state index contributed by atoms with van der Waals surface area (Å²) >= 11 is 0. The van der Waals surface area contributed by atoms with E-state index in [4.69, 9.17) is 5.73 Å². The monoisotopic (exact) mass is 379 g/mol. The van der Waals surface area contributed by atoms with E-state index in [9.17, 15) is 4.79 Å². The van der Waals surface area contributed by atoms with Crippen LogP contribution in [0.25, 0.3) is 0 Å². The molecule has 2 unspecified atom stereocenters. The van der Waals surface area contributed by atoms with Gasteiger partial charge in [0.2, 0.25) is 5.91 Å². The number of amides is 1. The Balaban J connectivity index is 1.48. The molecule has 1 amide bonds. The lowest BCUT2D eigenvalue weighted by molar-refractivity contribution is -0.125. The minimum absolute atomic E-state index is 0.00926. The summed E-state index contributed by atoms with van der Waals surface area (Å²) in [6.07, 6.45) is 5.35. The normalized spacial score (nSPS) is 17.5. The second-order valence-electron chi connectivity index (χ2n) is 7.95. The van der Waals surface area contributed by atoms with Crippen molar-refractivity contribution in [2.45, 2.75) is 51.7 Å². The average Bonchev–Trinajstić information content (AvgIpc) is 3.01. The second-order valence-corrected chi connectivity index (χ2v) is 7.95. The van der Waals surface area contributed by atoms with E-state index in [0.29, 0.717) is 6.54 Å². The van der Waals surface area contributed by atoms with Crippen LogP contribution in [0.4, 0.5) is 0 Å². The van der Waals surface area contributed by atoms with Gasteiger partial charge in [-0.15, -0.1) is 0 Å². The maximum atomic E-state index is 12.5. The highest BCUT2D eigenvalue weighted by molar-refractivity contribution is 5.79. The molecule has 2 aromatic carbocycles. The fraction of sp³-hybridized carbons (Fsp3) is 0.458. The molecule has 1 aliphatic heterocycles. The van der Waals surface area contributed by atoms with Crippen LogP contribution in [0, 0.1) is 5.92 Å². The van der Waals surface area contributed by atoms with E-state index >= 15 is 0 Å². The van der Waals surface area contributed by atoms with Gasteiger partial charge in [-0.05, 0) is 42.6 Å². The first-order valence-electron chi connectivity index (χ1n) is 10.5. The van der Waals surface area contributed by atoms with E-state index in [1.54, 1.807) is 0 Å². The molecule has 1 fully saturated rings. The Hall–Kier alpha value is -2.17. The van der Waals surface area contributed by atoms with Crippen LogP contribution >= 0.6 is 0 Å². The summed E-state index contributed by atoms with van der Waals surface area (Å²) < 4.78 is 0. The predicted molar refractivity (Wildman–Crippen MR) is 115 cm³/mol. The molecule has 0 bridgehead atoms. The molecule has 3 N–H and O–H groups in total. The molecule has 4 heteroatoms. The van der Waals surface area contributed by atoms with Crippen LogP contribution < -0.4 is 11.1 Å². The molecule has 0 spiro atoms. The quantitative estimate of drug-likeness (QED) is 0.764. The first kappa shape index (κ1) is 20.6. The van der Waals surface area contributed by atoms with Crippen molar-refractivity contribution in [3.8, 4) is 0 Å². The number of nitrogens with one attached hydrogen (secondary N) is 1. The standard InChI is InChI=1S/C24H33N3O/c1-19(23(25)22-9-5-4-6-10-22)24(28)26-17-20-11-13-21(14-12-20)18-27-15-7-2-3-8-16-27/h4-6,9-14,19,23H,2-3,7-8,15-18,25H2,1H3,(H,26,28). The number of carbonyl (C=O) groups excluding carboxylic acids is 1. The highest BCUT2D eigenvalue weighted by atomic mass is 16.1. The number of carbonyl (C=O) groups is 1. The summed E-state index contributed by atoms with van der Waals surface area (Å²) in [4.78, 5) is 15.0. The number of nitrogens with zero attached hydrogens (tertiary/aromatic N) is 1. The summed E-state index contributed by atoms with van der Waals surface area (Å²) in [5.41, 5.74) is 9.71. The van der Waals surface area contributed by atoms with Crippen molar-refractivity contribution in [2.75, 3.05) is 13.1 Å². The summed E-state index contributed by atoms with van der Waals surface area (Å²) in [5, 5.41) is 3.03. The molecule has 0 saturated carbocycles. The molecule has 4 nitrogen and oxygen atoms in total. The van der Waals surface area contributed by atoms with Crippen LogP contribution in [-0.2, 0) is 17.9 Å². The number of benzene rings is 2. The van der Waals surface area contributed by atoms with Gasteiger partial charge in [0.15, 0.2) is 0 Å². The van der Waals surface area contributed by atoms with Gasteiger partial charge in [0.25, 0.3) is 0 Å². The van der Waals surface area contributed by atoms with Gasteiger partial charge in [0.05, 0.1) is 5.92 Å². The van der Waals surface area contributed by atoms with Crippen molar-refractivity contribution in [1.82, 2.24) is 10.2 Å². The molecule has 0 radical (unpaired) electrons. The first-order chi connectivity index (χ1) is 13.6. The van der Waals surface area contributed by atoms with Crippen LogP contribution in [0.15, 0.2) is 54.6 Å². The smallest absolute Gasteiger partial charge is 0.225 e. The summed E-state index contributed by atoms with van der Waals surface area (Å²) in [7, 11) is 0. The molecule has 2 atom stereocenters. The lowest BCUT2D eigenvalue weighted by Gasteiger charge is -2.20. The molecule has 2 aromatic rings. The Morgan fingerprint density at radius 1 is 0.964 bits per heavy atom. The lowest BCUT2D eigenvalue weighted by Crippen LogP contribution is -2.35. The minimum Gasteiger partial charge on any atom is -0.352 e. The maximum absolute atomic E-state index is 12.5. The summed E-state index contributed by atoms with van der Waals surface area (Å²) in [6.45, 7) is 5.86. The van der Waals surface area contributed by atoms with E-state index in [2.05, 4.69) is 34.5 Å². The van der Waals surface area contributed by atoms with Crippen LogP contribution in [-0.4, -0.2) is 23.9 Å². The van der Waals surface area contributed by atoms with Crippen LogP contribution in [0.2, 0.25) is 0 Å². The minimum atomic E-state index is -0.294. The van der Waals surface area contributed by atoms with Crippen LogP contribution in [0.1, 0.15) is 55.3 Å². The van der Waals surface area contributed by atoms with Gasteiger partial charge in [-0.25, -0.2) is 0 Å². The number of rotatable bonds is 7. The molecular weight excluding hydrogens is 346 g/mol. The molecular formula is C24H33N3O. The van der Waals surface area contributed by atoms with Crippen molar-refractivity contribution in [2.24, 2.45) is 11.7 Å². The molecule has 1 aliphatic rings. The Morgan fingerprint density at radius 3 is 2.21 bits per heavy atom. The third-order valence-corrected chi connectivity index (χ3v) is 5.73. The zero-order chi connectivity index (χ0) is 19.8. The molecule has 0 aromatic heterocycles. The van der Waals surface area contributed by atoms with Crippen molar-refractivity contribution in [3.05, 3.63) is 71.3 Å². The van der Waals surface area contributed by atoms with Gasteiger partial charge < -0.3 is 11.1 Å². The van der Waals surface area contributed by atoms with E-state index in [1.165, 1.54) is 44.3 Å². The topological polar surface area (TPSA) is 58.4 Å². The Morgan fingerprint density at radius 2 is 1.57 bits per heavy atom. The largest absolute Gasteiger partial charge is 0.352 e. The molecule has 3 rings (SSSR count). The zero-order valence-electron chi connectivity index (χ0n) is 16.9. The van der Waals surface area contributed by atoms with Gasteiger partial charge in [0, 0.05) is 19.1 Å². The van der Waals surface area contributed by atoms with Gasteiger partial charge in [0.1, 0.15) is 0 Å². The van der Waals surface area contributed by atoms with Crippen molar-refractivity contribution < 1.29 is 4.79 Å². The van der Waals surface area contributed by atoms with Crippen molar-refractivity contribution >= 4 is 5.91 Å². The average molecular weight is 380 g/mol. The van der Waals surface area contributed by atoms with Crippen molar-refractivity contribution in [1.29, 1.82) is 0 Å². The van der Waals surface area contributed by atoms with E-state index in [0.717, 1.165) is 17.7 Å². The SMILES string of the molecule is CC(C(=O)NCc1ccc(CN2CCCCCC2)cc1)C(N)c1ccccc1. The van der Waals surface area contributed by atoms with Gasteiger partial charge in [-0.1, -0.05) is 74.4 Å². The molecule has 0 aliphatic carbocycles. The van der Waals surface area contributed by atoms with E-state index < -0.39 is 0 Å². The number of hydrogen-bond donors (Lipinski definition) is 2. The fourth-order valence-electron chi connectivity index (χ4n) is 3.79. The maximum Gasteiger partial charge on any atom is 0.225 e. The third-order valence-electron chi connectivity index (χ3n) is 5.73. The molecule has 1 heterocycles. The predicted octanol–water partition coefficient (Wildman–Crippen LogP) is 4.01. The van der Waals surface area contributed by atoms with E-state index in [-0.39, 0.29) is 17.9 Å². The molecule has 1 saturated heterocycles. The molecule has 28 heavy (non-hydrogen) atoms. The van der Waals surface area contributed by atoms with Gasteiger partial charge in [-0.2, -0.15) is 0 Å². The van der Waals surface area contributed by atoms with Crippen LogP contribution in [0.5, 0.6) is 0 Å². The Bertz CT molecular complexity index is 721. The van der Waals surface area contributed by atoms with Gasteiger partial charge >= 0.3 is 0 Å². The lowest BCUT2D eigenvalue weighted by atomic mass is 9.94. The molecule has 150 valence electrons. The summed E-state index contributed by atoms with van der Waals surface area (Å²) in [6, 6.07) is 18.1. The Labute approximate surface area is 169 Å². The van der Waals surface area contributed by atoms with Crippen molar-refractivity contribution in [3.63, 3.8) is 0 Å². The van der Waals surface area contributed by atoms with E-state index in [1.807, 2.05) is 37.3 Å². The third kappa shape index (κ3) is 5.91. The number of likely N-dealkylation sites (tertiary alicyclic amines) is 1. The van der Waals surface area contributed by atoms with Crippen LogP contribution in [0.3, 0.4) is 0 Å².